The molecule has 3 rings (SSSR count). The smallest absolute Gasteiger partial charge is 0.182 e. The second-order valence-corrected chi connectivity index (χ2v) is 7.55. The van der Waals surface area contributed by atoms with Crippen molar-refractivity contribution in [3.05, 3.63) is 46.5 Å². The van der Waals surface area contributed by atoms with Crippen LogP contribution in [0.5, 0.6) is 5.75 Å². The van der Waals surface area contributed by atoms with E-state index >= 15 is 0 Å². The number of carbonyl (C=O) groups is 1. The Morgan fingerprint density at radius 3 is 2.35 bits per heavy atom. The molecule has 26 heavy (non-hydrogen) atoms. The van der Waals surface area contributed by atoms with Crippen molar-refractivity contribution in [3.63, 3.8) is 0 Å². The lowest BCUT2D eigenvalue weighted by Crippen LogP contribution is -2.29. The van der Waals surface area contributed by atoms with Crippen LogP contribution in [-0.4, -0.2) is 38.1 Å². The highest BCUT2D eigenvalue weighted by atomic mass is 32.1. The van der Waals surface area contributed by atoms with Crippen LogP contribution >= 0.6 is 11.3 Å². The van der Waals surface area contributed by atoms with Gasteiger partial charge in [0.2, 0.25) is 0 Å². The number of allylic oxidation sites excluding steroid dienone is 2. The Kier molecular flexibility index (Phi) is 4.96. The molecule has 138 valence electrons. The van der Waals surface area contributed by atoms with E-state index in [9.17, 15) is 15.0 Å². The number of thiophene rings is 1. The van der Waals surface area contributed by atoms with Gasteiger partial charge >= 0.3 is 0 Å². The maximum atomic E-state index is 12.7. The molecule has 1 aromatic carbocycles. The third-order valence-electron chi connectivity index (χ3n) is 4.75. The predicted octanol–water partition coefficient (Wildman–Crippen LogP) is 3.37. The van der Waals surface area contributed by atoms with Gasteiger partial charge in [-0.05, 0) is 43.7 Å². The largest absolute Gasteiger partial charge is 0.872 e. The molecule has 0 saturated heterocycles. The SMILES string of the molecule is CCN(CC)c1ccc(C2C(=O)C(c3ccc(N(C)C)s3)=C2O)c([O-])c1. The normalized spacial score (nSPS) is 16.6. The standard InChI is InChI=1S/C20H24N2O3S/c1-5-22(6-2)12-7-8-13(14(23)11-12)17-19(24)18(20(17)25)15-9-10-16(26-15)21(3)4/h7-11,17,23-24H,5-6H2,1-4H3/p-1. The number of carbonyl (C=O) groups excluding carboxylic acids is 1. The number of aliphatic hydroxyl groups is 1. The summed E-state index contributed by atoms with van der Waals surface area (Å²) in [5, 5.41) is 24.0. The minimum absolute atomic E-state index is 0.00477. The van der Waals surface area contributed by atoms with E-state index < -0.39 is 5.92 Å². The molecule has 1 aliphatic rings. The average molecular weight is 371 g/mol. The van der Waals surface area contributed by atoms with Crippen molar-refractivity contribution in [1.29, 1.82) is 0 Å². The van der Waals surface area contributed by atoms with Crippen molar-refractivity contribution >= 4 is 33.4 Å². The zero-order valence-electron chi connectivity index (χ0n) is 15.4. The number of nitrogens with zero attached hydrogens (tertiary/aromatic N) is 2. The Balaban J connectivity index is 1.91. The first-order valence-corrected chi connectivity index (χ1v) is 9.51. The summed E-state index contributed by atoms with van der Waals surface area (Å²) < 4.78 is 0. The first kappa shape index (κ1) is 18.3. The lowest BCUT2D eigenvalue weighted by atomic mass is 9.76. The van der Waals surface area contributed by atoms with Crippen LogP contribution in [0, 0.1) is 0 Å². The monoisotopic (exact) mass is 371 g/mol. The van der Waals surface area contributed by atoms with Crippen LogP contribution in [0.15, 0.2) is 36.1 Å². The van der Waals surface area contributed by atoms with E-state index in [1.807, 2.05) is 51.0 Å². The molecule has 0 saturated carbocycles. The Morgan fingerprint density at radius 2 is 1.85 bits per heavy atom. The summed E-state index contributed by atoms with van der Waals surface area (Å²) >= 11 is 1.45. The van der Waals surface area contributed by atoms with Gasteiger partial charge in [0.15, 0.2) is 5.78 Å². The summed E-state index contributed by atoms with van der Waals surface area (Å²) in [6, 6.07) is 8.82. The fourth-order valence-corrected chi connectivity index (χ4v) is 4.23. The summed E-state index contributed by atoms with van der Waals surface area (Å²) in [6.45, 7) is 5.67. The van der Waals surface area contributed by atoms with Crippen LogP contribution in [0.25, 0.3) is 5.57 Å². The van der Waals surface area contributed by atoms with Crippen molar-refractivity contribution in [3.8, 4) is 5.75 Å². The van der Waals surface area contributed by atoms with Crippen molar-refractivity contribution in [2.24, 2.45) is 0 Å². The molecule has 1 atom stereocenters. The van der Waals surface area contributed by atoms with Gasteiger partial charge < -0.3 is 20.0 Å². The fourth-order valence-electron chi connectivity index (χ4n) is 3.25. The number of hydrogen-bond donors (Lipinski definition) is 1. The fraction of sp³-hybridized carbons (Fsp3) is 0.350. The van der Waals surface area contributed by atoms with E-state index in [1.54, 1.807) is 12.1 Å². The van der Waals surface area contributed by atoms with Crippen molar-refractivity contribution in [1.82, 2.24) is 0 Å². The lowest BCUT2D eigenvalue weighted by Gasteiger charge is -2.32. The molecule has 6 heteroatoms. The number of aliphatic hydroxyl groups excluding tert-OH is 1. The molecular weight excluding hydrogens is 348 g/mol. The summed E-state index contributed by atoms with van der Waals surface area (Å²) in [7, 11) is 3.85. The number of hydrogen-bond acceptors (Lipinski definition) is 6. The molecule has 1 N–H and O–H groups in total. The third-order valence-corrected chi connectivity index (χ3v) is 6.02. The van der Waals surface area contributed by atoms with Crippen LogP contribution in [0.1, 0.15) is 30.2 Å². The van der Waals surface area contributed by atoms with Crippen LogP contribution < -0.4 is 14.9 Å². The van der Waals surface area contributed by atoms with Gasteiger partial charge in [-0.2, -0.15) is 0 Å². The Bertz CT molecular complexity index is 866. The topological polar surface area (TPSA) is 66.8 Å². The Labute approximate surface area is 157 Å². The van der Waals surface area contributed by atoms with E-state index in [-0.39, 0.29) is 17.3 Å². The second-order valence-electron chi connectivity index (χ2n) is 6.48. The van der Waals surface area contributed by atoms with Gasteiger partial charge in [0, 0.05) is 37.7 Å². The zero-order chi connectivity index (χ0) is 19.0. The van der Waals surface area contributed by atoms with E-state index in [1.165, 1.54) is 11.3 Å². The maximum Gasteiger partial charge on any atom is 0.182 e. The van der Waals surface area contributed by atoms with Crippen molar-refractivity contribution in [2.45, 2.75) is 19.8 Å². The molecule has 1 aliphatic carbocycles. The molecule has 0 spiro atoms. The molecule has 5 nitrogen and oxygen atoms in total. The summed E-state index contributed by atoms with van der Waals surface area (Å²) in [6.07, 6.45) is 0. The second kappa shape index (κ2) is 7.03. The van der Waals surface area contributed by atoms with E-state index in [2.05, 4.69) is 4.90 Å². The van der Waals surface area contributed by atoms with Gasteiger partial charge in [-0.25, -0.2) is 0 Å². The molecule has 1 unspecified atom stereocenters. The molecule has 1 heterocycles. The number of Topliss-reactive ketones (excluding diaryl/α,β-unsaturated/α-hetero) is 1. The minimum atomic E-state index is -0.840. The highest BCUT2D eigenvalue weighted by Crippen LogP contribution is 2.47. The molecule has 0 radical (unpaired) electrons. The minimum Gasteiger partial charge on any atom is -0.872 e. The Morgan fingerprint density at radius 1 is 1.15 bits per heavy atom. The van der Waals surface area contributed by atoms with Gasteiger partial charge in [0.1, 0.15) is 11.7 Å². The number of anilines is 2. The number of rotatable bonds is 6. The van der Waals surface area contributed by atoms with Gasteiger partial charge in [0.05, 0.1) is 10.6 Å². The number of benzene rings is 1. The molecule has 2 aromatic rings. The third kappa shape index (κ3) is 2.94. The summed E-state index contributed by atoms with van der Waals surface area (Å²) in [5.41, 5.74) is 1.52. The van der Waals surface area contributed by atoms with Crippen LogP contribution in [-0.2, 0) is 4.79 Å². The van der Waals surface area contributed by atoms with Crippen LogP contribution in [0.4, 0.5) is 10.7 Å². The van der Waals surface area contributed by atoms with Gasteiger partial charge in [-0.15, -0.1) is 17.1 Å². The number of ketones is 1. The van der Waals surface area contributed by atoms with Crippen molar-refractivity contribution in [2.75, 3.05) is 37.0 Å². The van der Waals surface area contributed by atoms with Gasteiger partial charge in [0.25, 0.3) is 0 Å². The van der Waals surface area contributed by atoms with Gasteiger partial charge in [-0.3, -0.25) is 4.79 Å². The van der Waals surface area contributed by atoms with Crippen molar-refractivity contribution < 1.29 is 15.0 Å². The average Bonchev–Trinajstić information content (AvgIpc) is 3.08. The molecule has 1 aromatic heterocycles. The molecule has 0 aliphatic heterocycles. The highest BCUT2D eigenvalue weighted by molar-refractivity contribution is 7.17. The first-order chi connectivity index (χ1) is 12.4. The van der Waals surface area contributed by atoms with Gasteiger partial charge in [-0.1, -0.05) is 6.07 Å². The lowest BCUT2D eigenvalue weighted by molar-refractivity contribution is -0.269. The van der Waals surface area contributed by atoms with E-state index in [4.69, 9.17) is 0 Å². The first-order valence-electron chi connectivity index (χ1n) is 8.69. The quantitative estimate of drug-likeness (QED) is 0.843. The molecule has 0 bridgehead atoms. The Hall–Kier alpha value is -2.47. The maximum absolute atomic E-state index is 12.7. The highest BCUT2D eigenvalue weighted by Gasteiger charge is 2.42. The van der Waals surface area contributed by atoms with E-state index in [0.717, 1.165) is 28.7 Å². The van der Waals surface area contributed by atoms with Crippen LogP contribution in [0.2, 0.25) is 0 Å². The molecule has 0 fully saturated rings. The zero-order valence-corrected chi connectivity index (χ0v) is 16.3. The predicted molar refractivity (Wildman–Crippen MR) is 105 cm³/mol. The molecular formula is C20H23N2O3S-. The van der Waals surface area contributed by atoms with E-state index in [0.29, 0.717) is 11.1 Å². The summed E-state index contributed by atoms with van der Waals surface area (Å²) in [5.74, 6) is -1.25. The molecule has 0 amide bonds. The van der Waals surface area contributed by atoms with Crippen LogP contribution in [0.3, 0.4) is 0 Å². The summed E-state index contributed by atoms with van der Waals surface area (Å²) in [4.78, 5) is 17.4.